The van der Waals surface area contributed by atoms with Crippen molar-refractivity contribution in [3.05, 3.63) is 28.8 Å². The van der Waals surface area contributed by atoms with E-state index < -0.39 is 0 Å². The lowest BCUT2D eigenvalue weighted by Gasteiger charge is -2.58. The third-order valence-corrected chi connectivity index (χ3v) is 6.86. The van der Waals surface area contributed by atoms with Gasteiger partial charge in [0.25, 0.3) is 0 Å². The number of anilines is 1. The average molecular weight is 316 g/mol. The van der Waals surface area contributed by atoms with Gasteiger partial charge in [-0.25, -0.2) is 4.39 Å². The molecule has 1 N–H and O–H groups in total. The number of halogens is 1. The molecule has 1 aromatic rings. The fourth-order valence-electron chi connectivity index (χ4n) is 5.74. The molecule has 3 heteroatoms. The quantitative estimate of drug-likeness (QED) is 0.904. The smallest absolute Gasteiger partial charge is 0.107 e. The number of nitrogens with one attached hydrogen (secondary N) is 1. The van der Waals surface area contributed by atoms with Gasteiger partial charge in [0, 0.05) is 23.7 Å². The summed E-state index contributed by atoms with van der Waals surface area (Å²) in [7, 11) is 2.31. The molecule has 1 aliphatic heterocycles. The Hall–Kier alpha value is -1.09. The Morgan fingerprint density at radius 3 is 3.00 bits per heavy atom. The maximum atomic E-state index is 12.5. The van der Waals surface area contributed by atoms with Crippen LogP contribution in [0.3, 0.4) is 0 Å². The van der Waals surface area contributed by atoms with Crippen molar-refractivity contribution < 1.29 is 4.39 Å². The minimum atomic E-state index is -0.312. The van der Waals surface area contributed by atoms with Gasteiger partial charge in [0.2, 0.25) is 0 Å². The summed E-state index contributed by atoms with van der Waals surface area (Å²) in [5.74, 6) is 0.839. The zero-order chi connectivity index (χ0) is 16.0. The van der Waals surface area contributed by atoms with Crippen LogP contribution in [0.2, 0.25) is 0 Å². The number of rotatable bonds is 3. The number of nitrogens with zero attached hydrogens (tertiary/aromatic N) is 1. The van der Waals surface area contributed by atoms with Crippen LogP contribution in [-0.2, 0) is 11.8 Å². The highest BCUT2D eigenvalue weighted by Crippen LogP contribution is 2.56. The molecule has 1 saturated carbocycles. The molecule has 126 valence electrons. The molecule has 3 aliphatic rings. The Kier molecular flexibility index (Phi) is 3.87. The lowest BCUT2D eigenvalue weighted by atomic mass is 9.52. The van der Waals surface area contributed by atoms with Gasteiger partial charge in [0.05, 0.1) is 0 Å². The summed E-state index contributed by atoms with van der Waals surface area (Å²) >= 11 is 0. The standard InChI is InChI=1S/C20H29FN2/c1-14-11-17-15(12-18(14)22-9-8-21)13-19-16-5-3-4-6-20(16,17)7-10-23(19)2/h11-12,16,19,22H,3-10,13H2,1-2H3/t16-,19-,20-/m1/s1. The van der Waals surface area contributed by atoms with Crippen LogP contribution in [0, 0.1) is 12.8 Å². The molecule has 0 spiro atoms. The van der Waals surface area contributed by atoms with Crippen LogP contribution in [0.1, 0.15) is 48.8 Å². The van der Waals surface area contributed by atoms with E-state index in [1.54, 1.807) is 5.56 Å². The van der Waals surface area contributed by atoms with Crippen LogP contribution in [0.15, 0.2) is 12.1 Å². The molecule has 0 aromatic heterocycles. The fraction of sp³-hybridized carbons (Fsp3) is 0.700. The number of benzene rings is 1. The van der Waals surface area contributed by atoms with Gasteiger partial charge < -0.3 is 10.2 Å². The predicted molar refractivity (Wildman–Crippen MR) is 94.0 cm³/mol. The zero-order valence-corrected chi connectivity index (χ0v) is 14.5. The van der Waals surface area contributed by atoms with Crippen LogP contribution in [0.25, 0.3) is 0 Å². The van der Waals surface area contributed by atoms with Gasteiger partial charge >= 0.3 is 0 Å². The van der Waals surface area contributed by atoms with E-state index in [0.717, 1.165) is 11.6 Å². The van der Waals surface area contributed by atoms with E-state index >= 15 is 0 Å². The SMILES string of the molecule is Cc1cc2c(cc1NCCF)C[C@@H]1[C@H]3CCCC[C@]23CCN1C. The molecule has 2 aliphatic carbocycles. The number of aryl methyl sites for hydroxylation is 1. The molecular weight excluding hydrogens is 287 g/mol. The van der Waals surface area contributed by atoms with E-state index in [2.05, 4.69) is 36.3 Å². The predicted octanol–water partition coefficient (Wildman–Crippen LogP) is 4.06. The molecule has 0 unspecified atom stereocenters. The molecule has 2 nitrogen and oxygen atoms in total. The third-order valence-electron chi connectivity index (χ3n) is 6.86. The van der Waals surface area contributed by atoms with Gasteiger partial charge in [0.1, 0.15) is 6.67 Å². The Morgan fingerprint density at radius 1 is 1.30 bits per heavy atom. The zero-order valence-electron chi connectivity index (χ0n) is 14.5. The van der Waals surface area contributed by atoms with Crippen LogP contribution in [-0.4, -0.2) is 37.8 Å². The molecule has 2 fully saturated rings. The molecule has 0 amide bonds. The van der Waals surface area contributed by atoms with Gasteiger partial charge in [0.15, 0.2) is 0 Å². The van der Waals surface area contributed by atoms with Gasteiger partial charge in [-0.05, 0) is 74.9 Å². The second-order valence-corrected chi connectivity index (χ2v) is 7.95. The average Bonchev–Trinajstić information content (AvgIpc) is 2.57. The third kappa shape index (κ3) is 2.31. The molecule has 3 atom stereocenters. The summed E-state index contributed by atoms with van der Waals surface area (Å²) in [6.07, 6.45) is 8.03. The highest BCUT2D eigenvalue weighted by atomic mass is 19.1. The van der Waals surface area contributed by atoms with Crippen molar-refractivity contribution in [2.45, 2.75) is 56.9 Å². The van der Waals surface area contributed by atoms with Crippen molar-refractivity contribution >= 4 is 5.69 Å². The Balaban J connectivity index is 1.79. The lowest BCUT2D eigenvalue weighted by molar-refractivity contribution is 0.00285. The van der Waals surface area contributed by atoms with Crippen LogP contribution >= 0.6 is 0 Å². The Morgan fingerprint density at radius 2 is 2.17 bits per heavy atom. The number of fused-ring (bicyclic) bond motifs is 1. The van der Waals surface area contributed by atoms with Crippen LogP contribution in [0.5, 0.6) is 0 Å². The van der Waals surface area contributed by atoms with Gasteiger partial charge in [-0.15, -0.1) is 0 Å². The molecule has 0 radical (unpaired) electrons. The van der Waals surface area contributed by atoms with E-state index in [1.165, 1.54) is 56.2 Å². The van der Waals surface area contributed by atoms with Gasteiger partial charge in [-0.3, -0.25) is 0 Å². The topological polar surface area (TPSA) is 15.3 Å². The van der Waals surface area contributed by atoms with E-state index in [4.69, 9.17) is 0 Å². The molecule has 1 aromatic carbocycles. The Bertz CT molecular complexity index is 600. The summed E-state index contributed by atoms with van der Waals surface area (Å²) in [6, 6.07) is 5.47. The first-order valence-corrected chi connectivity index (χ1v) is 9.30. The molecule has 23 heavy (non-hydrogen) atoms. The number of likely N-dealkylation sites (N-methyl/N-ethyl adjacent to an activating group) is 1. The highest BCUT2D eigenvalue weighted by molar-refractivity contribution is 5.58. The van der Waals surface area contributed by atoms with Crippen molar-refractivity contribution in [2.75, 3.05) is 32.1 Å². The number of piperidine rings is 1. The summed E-state index contributed by atoms with van der Waals surface area (Å²) in [5, 5.41) is 3.27. The number of likely N-dealkylation sites (tertiary alicyclic amines) is 1. The normalized spacial score (nSPS) is 33.0. The number of hydrogen-bond donors (Lipinski definition) is 1. The molecule has 2 bridgehead atoms. The highest BCUT2D eigenvalue weighted by Gasteiger charge is 2.53. The monoisotopic (exact) mass is 316 g/mol. The minimum Gasteiger partial charge on any atom is -0.382 e. The van der Waals surface area contributed by atoms with Crippen molar-refractivity contribution in [3.63, 3.8) is 0 Å². The van der Waals surface area contributed by atoms with E-state index in [-0.39, 0.29) is 6.67 Å². The van der Waals surface area contributed by atoms with Crippen LogP contribution < -0.4 is 5.32 Å². The van der Waals surface area contributed by atoms with Gasteiger partial charge in [-0.1, -0.05) is 18.9 Å². The first kappa shape index (κ1) is 15.4. The van der Waals surface area contributed by atoms with Crippen LogP contribution in [0.4, 0.5) is 10.1 Å². The molecule has 1 saturated heterocycles. The van der Waals surface area contributed by atoms with E-state index in [1.807, 2.05) is 0 Å². The summed E-state index contributed by atoms with van der Waals surface area (Å²) in [6.45, 7) is 3.52. The lowest BCUT2D eigenvalue weighted by Crippen LogP contribution is -2.59. The minimum absolute atomic E-state index is 0.312. The van der Waals surface area contributed by atoms with Crippen molar-refractivity contribution in [3.8, 4) is 0 Å². The largest absolute Gasteiger partial charge is 0.382 e. The molecular formula is C20H29FN2. The van der Waals surface area contributed by atoms with Crippen molar-refractivity contribution in [1.29, 1.82) is 0 Å². The fourth-order valence-corrected chi connectivity index (χ4v) is 5.74. The van der Waals surface area contributed by atoms with Crippen molar-refractivity contribution in [2.24, 2.45) is 5.92 Å². The van der Waals surface area contributed by atoms with Gasteiger partial charge in [-0.2, -0.15) is 0 Å². The first-order valence-electron chi connectivity index (χ1n) is 9.30. The maximum Gasteiger partial charge on any atom is 0.107 e. The van der Waals surface area contributed by atoms with Crippen molar-refractivity contribution in [1.82, 2.24) is 4.90 Å². The second kappa shape index (κ2) is 5.77. The first-order chi connectivity index (χ1) is 11.2. The second-order valence-electron chi connectivity index (χ2n) is 7.95. The molecule has 1 heterocycles. The summed E-state index contributed by atoms with van der Waals surface area (Å²) in [4.78, 5) is 2.60. The number of alkyl halides is 1. The summed E-state index contributed by atoms with van der Waals surface area (Å²) in [5.41, 5.74) is 5.99. The maximum absolute atomic E-state index is 12.5. The molecule has 4 rings (SSSR count). The summed E-state index contributed by atoms with van der Waals surface area (Å²) < 4.78 is 12.5. The Labute approximate surface area is 139 Å². The van der Waals surface area contributed by atoms with E-state index in [9.17, 15) is 4.39 Å². The number of hydrogen-bond acceptors (Lipinski definition) is 2. The van der Waals surface area contributed by atoms with E-state index in [0.29, 0.717) is 18.0 Å².